The number of nitrogen functional groups attached to an aromatic ring is 1. The lowest BCUT2D eigenvalue weighted by Gasteiger charge is -2.09. The molecule has 106 valence electrons. The van der Waals surface area contributed by atoms with E-state index in [1.165, 1.54) is 0 Å². The molecule has 0 saturated carbocycles. The van der Waals surface area contributed by atoms with Gasteiger partial charge in [-0.2, -0.15) is 0 Å². The summed E-state index contributed by atoms with van der Waals surface area (Å²) in [6.45, 7) is 1.93. The number of hydrogen-bond donors (Lipinski definition) is 4. The molecule has 0 aliphatic rings. The molecule has 2 aromatic carbocycles. The Labute approximate surface area is 121 Å². The molecule has 0 saturated heterocycles. The highest BCUT2D eigenvalue weighted by atomic mass is 16.1. The first kappa shape index (κ1) is 13.1. The van der Waals surface area contributed by atoms with Crippen molar-refractivity contribution in [1.29, 1.82) is 0 Å². The third-order valence-electron chi connectivity index (χ3n) is 3.20. The number of hydrogen-bond acceptors (Lipinski definition) is 4. The van der Waals surface area contributed by atoms with Crippen LogP contribution in [0.5, 0.6) is 0 Å². The van der Waals surface area contributed by atoms with Crippen molar-refractivity contribution in [2.75, 3.05) is 10.7 Å². The van der Waals surface area contributed by atoms with E-state index < -0.39 is 0 Å². The van der Waals surface area contributed by atoms with Crippen LogP contribution in [-0.4, -0.2) is 15.9 Å². The van der Waals surface area contributed by atoms with Gasteiger partial charge in [-0.15, -0.1) is 0 Å². The Bertz CT molecular complexity index is 776. The molecule has 0 unspecified atom stereocenters. The van der Waals surface area contributed by atoms with E-state index in [0.29, 0.717) is 17.2 Å². The van der Waals surface area contributed by atoms with Crippen molar-refractivity contribution in [1.82, 2.24) is 9.97 Å². The minimum Gasteiger partial charge on any atom is -0.324 e. The molecule has 0 radical (unpaired) electrons. The molecule has 0 aliphatic heterocycles. The highest BCUT2D eigenvalue weighted by molar-refractivity contribution is 6.07. The topological polar surface area (TPSA) is 95.8 Å². The number of nitrogens with two attached hydrogens (primary N) is 1. The van der Waals surface area contributed by atoms with Crippen molar-refractivity contribution >= 4 is 28.6 Å². The molecular weight excluding hydrogens is 266 g/mol. The highest BCUT2D eigenvalue weighted by Gasteiger charge is 2.13. The number of carbonyl (C=O) groups excluding carboxylic acids is 1. The first-order chi connectivity index (χ1) is 10.2. The van der Waals surface area contributed by atoms with Gasteiger partial charge in [0.1, 0.15) is 0 Å². The summed E-state index contributed by atoms with van der Waals surface area (Å²) in [5.41, 5.74) is 6.26. The first-order valence-electron chi connectivity index (χ1n) is 6.51. The average molecular weight is 281 g/mol. The van der Waals surface area contributed by atoms with Gasteiger partial charge in [0.15, 0.2) is 0 Å². The predicted octanol–water partition coefficient (Wildman–Crippen LogP) is 2.41. The van der Waals surface area contributed by atoms with Crippen molar-refractivity contribution < 1.29 is 4.79 Å². The summed E-state index contributed by atoms with van der Waals surface area (Å²) in [6.07, 6.45) is 0. The number of imidazole rings is 1. The Balaban J connectivity index is 1.89. The van der Waals surface area contributed by atoms with Crippen molar-refractivity contribution in [2.24, 2.45) is 5.84 Å². The van der Waals surface area contributed by atoms with Crippen molar-refractivity contribution in [3.8, 4) is 0 Å². The van der Waals surface area contributed by atoms with Gasteiger partial charge in [0.25, 0.3) is 5.91 Å². The van der Waals surface area contributed by atoms with Crippen LogP contribution in [0.4, 0.5) is 11.6 Å². The van der Waals surface area contributed by atoms with Crippen LogP contribution in [0, 0.1) is 6.92 Å². The number of nitrogens with one attached hydrogen (secondary N) is 3. The van der Waals surface area contributed by atoms with Gasteiger partial charge in [0.2, 0.25) is 5.95 Å². The molecule has 1 heterocycles. The quantitative estimate of drug-likeness (QED) is 0.438. The maximum atomic E-state index is 12.3. The molecule has 1 amide bonds. The fourth-order valence-electron chi connectivity index (χ4n) is 2.16. The lowest BCUT2D eigenvalue weighted by Crippen LogP contribution is -2.18. The Morgan fingerprint density at radius 2 is 2.05 bits per heavy atom. The second-order valence-corrected chi connectivity index (χ2v) is 4.75. The molecule has 3 rings (SSSR count). The Morgan fingerprint density at radius 1 is 1.24 bits per heavy atom. The molecule has 0 aliphatic carbocycles. The standard InChI is InChI=1S/C15H15N5O/c1-9-6-7-10(13(8-9)20-16)14(21)19-15-17-11-4-2-3-5-12(11)18-15/h2-8,20H,16H2,1H3,(H2,17,18,19,21). The third kappa shape index (κ3) is 2.56. The number of aromatic amines is 1. The minimum absolute atomic E-state index is 0.276. The molecule has 0 spiro atoms. The number of aryl methyl sites for hydroxylation is 1. The second-order valence-electron chi connectivity index (χ2n) is 4.75. The number of hydrazine groups is 1. The van der Waals surface area contributed by atoms with Crippen LogP contribution < -0.4 is 16.6 Å². The van der Waals surface area contributed by atoms with E-state index in [2.05, 4.69) is 20.7 Å². The maximum absolute atomic E-state index is 12.3. The van der Waals surface area contributed by atoms with E-state index in [1.807, 2.05) is 43.3 Å². The number of rotatable bonds is 3. The van der Waals surface area contributed by atoms with Crippen LogP contribution in [0.1, 0.15) is 15.9 Å². The van der Waals surface area contributed by atoms with Gasteiger partial charge < -0.3 is 10.4 Å². The van der Waals surface area contributed by atoms with Crippen molar-refractivity contribution in [3.63, 3.8) is 0 Å². The van der Waals surface area contributed by atoms with Crippen molar-refractivity contribution in [3.05, 3.63) is 53.6 Å². The van der Waals surface area contributed by atoms with Crippen LogP contribution in [0.25, 0.3) is 11.0 Å². The van der Waals surface area contributed by atoms with Gasteiger partial charge in [-0.3, -0.25) is 16.0 Å². The van der Waals surface area contributed by atoms with Crippen LogP contribution in [0.2, 0.25) is 0 Å². The van der Waals surface area contributed by atoms with E-state index in [-0.39, 0.29) is 5.91 Å². The van der Waals surface area contributed by atoms with Gasteiger partial charge in [-0.25, -0.2) is 4.98 Å². The number of fused-ring (bicyclic) bond motifs is 1. The van der Waals surface area contributed by atoms with Gasteiger partial charge in [0.05, 0.1) is 22.3 Å². The number of benzene rings is 2. The molecule has 6 nitrogen and oxygen atoms in total. The minimum atomic E-state index is -0.276. The summed E-state index contributed by atoms with van der Waals surface area (Å²) in [5.74, 6) is 5.59. The zero-order valence-electron chi connectivity index (χ0n) is 11.5. The average Bonchev–Trinajstić information content (AvgIpc) is 2.88. The van der Waals surface area contributed by atoms with Gasteiger partial charge in [-0.1, -0.05) is 18.2 Å². The molecule has 5 N–H and O–H groups in total. The third-order valence-corrected chi connectivity index (χ3v) is 3.20. The van der Waals surface area contributed by atoms with Gasteiger partial charge >= 0.3 is 0 Å². The normalized spacial score (nSPS) is 10.6. The summed E-state index contributed by atoms with van der Waals surface area (Å²) in [6, 6.07) is 13.0. The largest absolute Gasteiger partial charge is 0.324 e. The smallest absolute Gasteiger partial charge is 0.260 e. The molecule has 6 heteroatoms. The highest BCUT2D eigenvalue weighted by Crippen LogP contribution is 2.19. The SMILES string of the molecule is Cc1ccc(C(=O)Nc2nc3ccccc3[nH]2)c(NN)c1. The Morgan fingerprint density at radius 3 is 2.81 bits per heavy atom. The number of anilines is 2. The number of amides is 1. The van der Waals surface area contributed by atoms with Gasteiger partial charge in [0, 0.05) is 0 Å². The molecule has 3 aromatic rings. The second kappa shape index (κ2) is 5.26. The zero-order valence-corrected chi connectivity index (χ0v) is 11.5. The monoisotopic (exact) mass is 281 g/mol. The fraction of sp³-hybridized carbons (Fsp3) is 0.0667. The van der Waals surface area contributed by atoms with Crippen LogP contribution in [-0.2, 0) is 0 Å². The number of aromatic nitrogens is 2. The predicted molar refractivity (Wildman–Crippen MR) is 83.0 cm³/mol. The summed E-state index contributed by atoms with van der Waals surface area (Å²) >= 11 is 0. The molecule has 0 atom stereocenters. The van der Waals surface area contributed by atoms with E-state index in [4.69, 9.17) is 5.84 Å². The Kier molecular flexibility index (Phi) is 3.29. The molecule has 21 heavy (non-hydrogen) atoms. The van der Waals surface area contributed by atoms with Crippen LogP contribution >= 0.6 is 0 Å². The van der Waals surface area contributed by atoms with E-state index >= 15 is 0 Å². The van der Waals surface area contributed by atoms with E-state index in [9.17, 15) is 4.79 Å². The summed E-state index contributed by atoms with van der Waals surface area (Å²) in [4.78, 5) is 19.7. The van der Waals surface area contributed by atoms with Crippen LogP contribution in [0.3, 0.4) is 0 Å². The fourth-order valence-corrected chi connectivity index (χ4v) is 2.16. The number of nitrogens with zero attached hydrogens (tertiary/aromatic N) is 1. The molecule has 0 bridgehead atoms. The van der Waals surface area contributed by atoms with Crippen molar-refractivity contribution in [2.45, 2.75) is 6.92 Å². The molecular formula is C15H15N5O. The molecule has 1 aromatic heterocycles. The van der Waals surface area contributed by atoms with Gasteiger partial charge in [-0.05, 0) is 36.8 Å². The van der Waals surface area contributed by atoms with E-state index in [0.717, 1.165) is 16.6 Å². The lowest BCUT2D eigenvalue weighted by molar-refractivity contribution is 0.102. The van der Waals surface area contributed by atoms with Crippen LogP contribution in [0.15, 0.2) is 42.5 Å². The Hall–Kier alpha value is -2.86. The lowest BCUT2D eigenvalue weighted by atomic mass is 10.1. The number of para-hydroxylation sites is 2. The number of H-pyrrole nitrogens is 1. The summed E-state index contributed by atoms with van der Waals surface area (Å²) < 4.78 is 0. The van der Waals surface area contributed by atoms with E-state index in [1.54, 1.807) is 6.07 Å². The summed E-state index contributed by atoms with van der Waals surface area (Å²) in [7, 11) is 0. The first-order valence-corrected chi connectivity index (χ1v) is 6.51. The maximum Gasteiger partial charge on any atom is 0.260 e. The molecule has 0 fully saturated rings. The summed E-state index contributed by atoms with van der Waals surface area (Å²) in [5, 5.41) is 2.74. The zero-order chi connectivity index (χ0) is 14.8. The number of carbonyl (C=O) groups is 1.